The van der Waals surface area contributed by atoms with Gasteiger partial charge in [0.15, 0.2) is 0 Å². The summed E-state index contributed by atoms with van der Waals surface area (Å²) in [6.45, 7) is 3.24. The van der Waals surface area contributed by atoms with E-state index in [0.29, 0.717) is 25.3 Å². The van der Waals surface area contributed by atoms with Crippen molar-refractivity contribution in [2.24, 2.45) is 5.73 Å². The van der Waals surface area contributed by atoms with Crippen molar-refractivity contribution in [2.75, 3.05) is 31.1 Å². The maximum Gasteiger partial charge on any atom is 0.273 e. The van der Waals surface area contributed by atoms with Crippen molar-refractivity contribution < 1.29 is 4.79 Å². The van der Waals surface area contributed by atoms with Crippen LogP contribution in [0, 0.1) is 0 Å². The fraction of sp³-hybridized carbons (Fsp3) is 0.333. The molecule has 0 saturated carbocycles. The number of aromatic nitrogens is 1. The zero-order chi connectivity index (χ0) is 15.5. The largest absolute Gasteiger partial charge is 0.367 e. The van der Waals surface area contributed by atoms with Crippen molar-refractivity contribution in [1.29, 1.82) is 0 Å². The molecule has 1 aromatic heterocycles. The third-order valence-electron chi connectivity index (χ3n) is 3.71. The maximum atomic E-state index is 12.4. The first-order valence-corrected chi connectivity index (χ1v) is 8.38. The highest BCUT2D eigenvalue weighted by Crippen LogP contribution is 2.26. The first-order valence-electron chi connectivity index (χ1n) is 7.12. The quantitative estimate of drug-likeness (QED) is 0.846. The van der Waals surface area contributed by atoms with E-state index in [9.17, 15) is 4.79 Å². The molecule has 2 heterocycles. The Morgan fingerprint density at radius 1 is 1.21 bits per heavy atom. The second-order valence-electron chi connectivity index (χ2n) is 5.06. The molecular formula is C15H19Cl3N4OS. The Bertz CT molecular complexity index is 674. The molecule has 0 atom stereocenters. The van der Waals surface area contributed by atoms with Crippen molar-refractivity contribution in [3.8, 4) is 0 Å². The number of hydrogen-bond acceptors (Lipinski definition) is 5. The number of piperazine rings is 1. The summed E-state index contributed by atoms with van der Waals surface area (Å²) in [5.74, 6) is -0.0187. The number of rotatable bonds is 3. The zero-order valence-corrected chi connectivity index (χ0v) is 16.1. The highest BCUT2D eigenvalue weighted by atomic mass is 35.5. The average molecular weight is 410 g/mol. The third-order valence-corrected chi connectivity index (χ3v) is 4.90. The van der Waals surface area contributed by atoms with Crippen molar-refractivity contribution in [1.82, 2.24) is 9.88 Å². The fourth-order valence-electron chi connectivity index (χ4n) is 2.52. The van der Waals surface area contributed by atoms with E-state index in [1.165, 1.54) is 11.3 Å². The van der Waals surface area contributed by atoms with Crippen LogP contribution in [0.3, 0.4) is 0 Å². The Kier molecular flexibility index (Phi) is 8.26. The van der Waals surface area contributed by atoms with Gasteiger partial charge in [-0.1, -0.05) is 23.7 Å². The predicted octanol–water partition coefficient (Wildman–Crippen LogP) is 3.06. The Balaban J connectivity index is 0.00000144. The summed E-state index contributed by atoms with van der Waals surface area (Å²) < 4.78 is 0. The van der Waals surface area contributed by atoms with Gasteiger partial charge in [-0.15, -0.1) is 36.2 Å². The summed E-state index contributed by atoms with van der Waals surface area (Å²) in [6, 6.07) is 7.79. The standard InChI is InChI=1S/C15H17ClN4OS.2ClH/c16-11-3-1-2-4-13(11)19-5-7-20(8-6-19)15(21)12-10-22-14(9-17)18-12;;/h1-4,10H,5-9,17H2;2*1H. The summed E-state index contributed by atoms with van der Waals surface area (Å²) in [5, 5.41) is 3.32. The molecule has 5 nitrogen and oxygen atoms in total. The molecule has 1 amide bonds. The van der Waals surface area contributed by atoms with Gasteiger partial charge in [0.25, 0.3) is 5.91 Å². The lowest BCUT2D eigenvalue weighted by Crippen LogP contribution is -2.49. The van der Waals surface area contributed by atoms with Gasteiger partial charge in [0.1, 0.15) is 10.7 Å². The molecule has 1 aliphatic heterocycles. The SMILES string of the molecule is Cl.Cl.NCc1nc(C(=O)N2CCN(c3ccccc3Cl)CC2)cs1. The minimum Gasteiger partial charge on any atom is -0.367 e. The first-order chi connectivity index (χ1) is 10.7. The number of carbonyl (C=O) groups excluding carboxylic acids is 1. The van der Waals surface area contributed by atoms with Crippen LogP contribution in [0.15, 0.2) is 29.6 Å². The first kappa shape index (κ1) is 21.0. The van der Waals surface area contributed by atoms with E-state index in [-0.39, 0.29) is 30.7 Å². The molecule has 3 rings (SSSR count). The van der Waals surface area contributed by atoms with E-state index in [0.717, 1.165) is 28.8 Å². The van der Waals surface area contributed by atoms with E-state index in [2.05, 4.69) is 9.88 Å². The molecular weight excluding hydrogens is 391 g/mol. The van der Waals surface area contributed by atoms with Crippen LogP contribution in [-0.4, -0.2) is 42.0 Å². The lowest BCUT2D eigenvalue weighted by Gasteiger charge is -2.36. The summed E-state index contributed by atoms with van der Waals surface area (Å²) in [5.41, 5.74) is 7.06. The van der Waals surface area contributed by atoms with Crippen molar-refractivity contribution in [3.05, 3.63) is 45.4 Å². The van der Waals surface area contributed by atoms with E-state index < -0.39 is 0 Å². The third kappa shape index (κ3) is 4.52. The second-order valence-corrected chi connectivity index (χ2v) is 6.41. The van der Waals surface area contributed by atoms with E-state index in [1.807, 2.05) is 29.2 Å². The maximum absolute atomic E-state index is 12.4. The summed E-state index contributed by atoms with van der Waals surface area (Å²) in [4.78, 5) is 20.7. The summed E-state index contributed by atoms with van der Waals surface area (Å²) in [7, 11) is 0. The van der Waals surface area contributed by atoms with Gasteiger partial charge in [0.05, 0.1) is 10.7 Å². The van der Waals surface area contributed by atoms with Crippen LogP contribution in [0.1, 0.15) is 15.5 Å². The number of carbonyl (C=O) groups is 1. The summed E-state index contributed by atoms with van der Waals surface area (Å²) in [6.07, 6.45) is 0. The Morgan fingerprint density at radius 3 is 2.46 bits per heavy atom. The molecule has 24 heavy (non-hydrogen) atoms. The second kappa shape index (κ2) is 9.44. The molecule has 132 valence electrons. The topological polar surface area (TPSA) is 62.5 Å². The molecule has 1 aromatic carbocycles. The predicted molar refractivity (Wildman–Crippen MR) is 104 cm³/mol. The highest BCUT2D eigenvalue weighted by molar-refractivity contribution is 7.09. The highest BCUT2D eigenvalue weighted by Gasteiger charge is 2.24. The van der Waals surface area contributed by atoms with Crippen LogP contribution in [0.5, 0.6) is 0 Å². The van der Waals surface area contributed by atoms with Gasteiger partial charge in [0.2, 0.25) is 0 Å². The lowest BCUT2D eigenvalue weighted by atomic mass is 10.2. The van der Waals surface area contributed by atoms with E-state index in [1.54, 1.807) is 5.38 Å². The lowest BCUT2D eigenvalue weighted by molar-refractivity contribution is 0.0741. The van der Waals surface area contributed by atoms with Gasteiger partial charge >= 0.3 is 0 Å². The van der Waals surface area contributed by atoms with Gasteiger partial charge in [-0.25, -0.2) is 4.98 Å². The molecule has 1 saturated heterocycles. The van der Waals surface area contributed by atoms with Crippen LogP contribution < -0.4 is 10.6 Å². The van der Waals surface area contributed by atoms with Crippen molar-refractivity contribution in [2.45, 2.75) is 6.54 Å². The van der Waals surface area contributed by atoms with E-state index in [4.69, 9.17) is 17.3 Å². The number of nitrogens with two attached hydrogens (primary N) is 1. The number of hydrogen-bond donors (Lipinski definition) is 1. The van der Waals surface area contributed by atoms with Gasteiger partial charge in [-0.2, -0.15) is 0 Å². The van der Waals surface area contributed by atoms with Crippen LogP contribution in [0.2, 0.25) is 5.02 Å². The van der Waals surface area contributed by atoms with Crippen LogP contribution in [0.4, 0.5) is 5.69 Å². The smallest absolute Gasteiger partial charge is 0.273 e. The normalized spacial score (nSPS) is 13.9. The number of amides is 1. The average Bonchev–Trinajstić information content (AvgIpc) is 3.04. The van der Waals surface area contributed by atoms with Crippen molar-refractivity contribution in [3.63, 3.8) is 0 Å². The molecule has 0 unspecified atom stereocenters. The molecule has 9 heteroatoms. The minimum atomic E-state index is -0.0187. The van der Waals surface area contributed by atoms with Crippen LogP contribution in [0.25, 0.3) is 0 Å². The molecule has 1 aliphatic rings. The molecule has 0 aliphatic carbocycles. The van der Waals surface area contributed by atoms with Crippen LogP contribution in [-0.2, 0) is 6.54 Å². The Labute approximate surface area is 162 Å². The number of halogens is 3. The molecule has 0 radical (unpaired) electrons. The zero-order valence-electron chi connectivity index (χ0n) is 12.9. The minimum absolute atomic E-state index is 0. The Morgan fingerprint density at radius 2 is 1.88 bits per heavy atom. The number of thiazole rings is 1. The van der Waals surface area contributed by atoms with Crippen molar-refractivity contribution >= 4 is 59.3 Å². The van der Waals surface area contributed by atoms with Gasteiger partial charge < -0.3 is 15.5 Å². The number of anilines is 1. The number of para-hydroxylation sites is 1. The molecule has 0 bridgehead atoms. The van der Waals surface area contributed by atoms with E-state index >= 15 is 0 Å². The molecule has 0 spiro atoms. The summed E-state index contributed by atoms with van der Waals surface area (Å²) >= 11 is 7.66. The molecule has 1 fully saturated rings. The fourth-order valence-corrected chi connectivity index (χ4v) is 3.43. The van der Waals surface area contributed by atoms with Gasteiger partial charge in [-0.3, -0.25) is 4.79 Å². The van der Waals surface area contributed by atoms with Gasteiger partial charge in [-0.05, 0) is 12.1 Å². The number of nitrogens with zero attached hydrogens (tertiary/aromatic N) is 3. The van der Waals surface area contributed by atoms with Gasteiger partial charge in [0, 0.05) is 38.1 Å². The monoisotopic (exact) mass is 408 g/mol. The van der Waals surface area contributed by atoms with Crippen LogP contribution >= 0.6 is 47.8 Å². The molecule has 2 N–H and O–H groups in total. The Hall–Kier alpha value is -1.05. The number of benzene rings is 1. The molecule has 2 aromatic rings.